The van der Waals surface area contributed by atoms with Gasteiger partial charge >= 0.3 is 0 Å². The van der Waals surface area contributed by atoms with Crippen molar-refractivity contribution in [1.29, 1.82) is 0 Å². The van der Waals surface area contributed by atoms with Crippen molar-refractivity contribution in [1.82, 2.24) is 25.2 Å². The molecule has 2 saturated heterocycles. The van der Waals surface area contributed by atoms with Gasteiger partial charge in [-0.25, -0.2) is 8.42 Å². The number of likely N-dealkylation sites (tertiary alicyclic amines) is 2. The van der Waals surface area contributed by atoms with Gasteiger partial charge in [-0.1, -0.05) is 17.3 Å². The molecule has 1 aromatic heterocycles. The smallest absolute Gasteiger partial charge is 0.253 e. The van der Waals surface area contributed by atoms with Crippen molar-refractivity contribution in [3.05, 3.63) is 59.7 Å². The van der Waals surface area contributed by atoms with E-state index in [0.29, 0.717) is 49.1 Å². The van der Waals surface area contributed by atoms with Crippen molar-refractivity contribution in [3.8, 4) is 0 Å². The zero-order valence-corrected chi connectivity index (χ0v) is 20.2. The van der Waals surface area contributed by atoms with Crippen LogP contribution in [0.1, 0.15) is 28.8 Å². The highest BCUT2D eigenvalue weighted by atomic mass is 32.2. The lowest BCUT2D eigenvalue weighted by Crippen LogP contribution is -2.33. The molecule has 2 amide bonds. The third kappa shape index (κ3) is 4.97. The number of fused-ring (bicyclic) bond motifs is 2. The van der Waals surface area contributed by atoms with Gasteiger partial charge in [0.2, 0.25) is 5.91 Å². The number of sulfone groups is 1. The van der Waals surface area contributed by atoms with Crippen LogP contribution in [-0.2, 0) is 14.6 Å². The van der Waals surface area contributed by atoms with E-state index < -0.39 is 9.84 Å². The second kappa shape index (κ2) is 9.26. The largest absolute Gasteiger partial charge is 0.339 e. The van der Waals surface area contributed by atoms with Crippen molar-refractivity contribution >= 4 is 38.8 Å². The van der Waals surface area contributed by atoms with Gasteiger partial charge in [-0.15, -0.1) is 5.10 Å². The fraction of sp³-hybridized carbons (Fsp3) is 0.360. The fourth-order valence-corrected chi connectivity index (χ4v) is 5.62. The van der Waals surface area contributed by atoms with Crippen molar-refractivity contribution in [2.24, 2.45) is 11.8 Å². The Hall–Kier alpha value is -3.53. The average molecular weight is 494 g/mol. The number of nitrogens with one attached hydrogen (secondary N) is 1. The maximum absolute atomic E-state index is 13.1. The number of aromatic nitrogens is 3. The van der Waals surface area contributed by atoms with Gasteiger partial charge in [0.25, 0.3) is 5.91 Å². The summed E-state index contributed by atoms with van der Waals surface area (Å²) in [5.74, 6) is 0.715. The summed E-state index contributed by atoms with van der Waals surface area (Å²) >= 11 is 0. The first kappa shape index (κ1) is 23.2. The van der Waals surface area contributed by atoms with Gasteiger partial charge in [0.1, 0.15) is 5.52 Å². The van der Waals surface area contributed by atoms with E-state index >= 15 is 0 Å². The summed E-state index contributed by atoms with van der Waals surface area (Å²) in [6.45, 7) is 2.71. The maximum Gasteiger partial charge on any atom is 0.253 e. The number of H-pyrrole nitrogens is 1. The van der Waals surface area contributed by atoms with Gasteiger partial charge < -0.3 is 9.80 Å². The third-order valence-corrected chi connectivity index (χ3v) is 8.14. The van der Waals surface area contributed by atoms with Gasteiger partial charge in [0.05, 0.1) is 10.4 Å². The van der Waals surface area contributed by atoms with Crippen LogP contribution in [0.3, 0.4) is 0 Å². The van der Waals surface area contributed by atoms with Crippen LogP contribution in [0, 0.1) is 11.8 Å². The van der Waals surface area contributed by atoms with Crippen LogP contribution >= 0.6 is 0 Å². The minimum absolute atomic E-state index is 0.0146. The Morgan fingerprint density at radius 1 is 1.00 bits per heavy atom. The Balaban J connectivity index is 1.17. The minimum Gasteiger partial charge on any atom is -0.339 e. The Morgan fingerprint density at radius 3 is 2.34 bits per heavy atom. The van der Waals surface area contributed by atoms with E-state index in [4.69, 9.17) is 0 Å². The number of aromatic amines is 1. The molecule has 3 aromatic rings. The first-order chi connectivity index (χ1) is 16.8. The molecule has 2 aromatic carbocycles. The summed E-state index contributed by atoms with van der Waals surface area (Å²) in [5.41, 5.74) is 2.88. The van der Waals surface area contributed by atoms with Crippen LogP contribution in [0.15, 0.2) is 53.4 Å². The zero-order valence-electron chi connectivity index (χ0n) is 19.4. The minimum atomic E-state index is -3.24. The molecule has 5 rings (SSSR count). The third-order valence-electron chi connectivity index (χ3n) is 7.01. The summed E-state index contributed by atoms with van der Waals surface area (Å²) in [6, 6.07) is 11.9. The van der Waals surface area contributed by atoms with Crippen molar-refractivity contribution in [2.75, 3.05) is 32.4 Å². The SMILES string of the molecule is CS(=O)(=O)c1ccc(/C=C/C(=O)N2CC[C@@H]3CN(C(=O)c4ccc5[nH]nnc5c4)C[C@@H]3CC2)cc1. The quantitative estimate of drug-likeness (QED) is 0.558. The molecule has 35 heavy (non-hydrogen) atoms. The van der Waals surface area contributed by atoms with Crippen LogP contribution in [0.4, 0.5) is 0 Å². The zero-order chi connectivity index (χ0) is 24.6. The molecule has 0 unspecified atom stereocenters. The summed E-state index contributed by atoms with van der Waals surface area (Å²) < 4.78 is 23.2. The molecule has 0 bridgehead atoms. The molecule has 0 aliphatic carbocycles. The number of hydrogen-bond acceptors (Lipinski definition) is 6. The first-order valence-corrected chi connectivity index (χ1v) is 13.5. The summed E-state index contributed by atoms with van der Waals surface area (Å²) in [7, 11) is -3.24. The molecule has 2 aliphatic rings. The van der Waals surface area contributed by atoms with Gasteiger partial charge in [0, 0.05) is 44.1 Å². The monoisotopic (exact) mass is 493 g/mol. The summed E-state index contributed by atoms with van der Waals surface area (Å²) in [6.07, 6.45) is 6.15. The molecule has 0 saturated carbocycles. The highest BCUT2D eigenvalue weighted by molar-refractivity contribution is 7.90. The van der Waals surface area contributed by atoms with E-state index in [9.17, 15) is 18.0 Å². The number of carbonyl (C=O) groups excluding carboxylic acids is 2. The standard InChI is InChI=1S/C25H27N5O4S/c1-35(33,34)21-6-2-17(3-7-21)4-9-24(31)29-12-10-19-15-30(16-20(19)11-13-29)25(32)18-5-8-22-23(14-18)27-28-26-22/h2-9,14,19-20H,10-13,15-16H2,1H3,(H,26,27,28)/b9-4+/t19-,20+. The second-order valence-corrected chi connectivity index (χ2v) is 11.4. The molecule has 182 valence electrons. The molecule has 0 radical (unpaired) electrons. The van der Waals surface area contributed by atoms with E-state index in [2.05, 4.69) is 15.4 Å². The lowest BCUT2D eigenvalue weighted by atomic mass is 9.92. The second-order valence-electron chi connectivity index (χ2n) is 9.35. The molecule has 10 heteroatoms. The van der Waals surface area contributed by atoms with E-state index in [0.717, 1.165) is 23.9 Å². The number of amides is 2. The number of benzene rings is 2. The van der Waals surface area contributed by atoms with E-state index in [1.54, 1.807) is 48.6 Å². The Morgan fingerprint density at radius 2 is 1.69 bits per heavy atom. The molecule has 2 atom stereocenters. The number of rotatable bonds is 4. The van der Waals surface area contributed by atoms with Gasteiger partial charge in [-0.2, -0.15) is 0 Å². The predicted octanol–water partition coefficient (Wildman–Crippen LogP) is 2.39. The highest BCUT2D eigenvalue weighted by Gasteiger charge is 2.37. The van der Waals surface area contributed by atoms with Crippen LogP contribution in [0.2, 0.25) is 0 Å². The topological polar surface area (TPSA) is 116 Å². The molecular weight excluding hydrogens is 466 g/mol. The van der Waals surface area contributed by atoms with Gasteiger partial charge in [-0.3, -0.25) is 14.7 Å². The fourth-order valence-electron chi connectivity index (χ4n) is 4.99. The van der Waals surface area contributed by atoms with Crippen molar-refractivity contribution in [3.63, 3.8) is 0 Å². The van der Waals surface area contributed by atoms with E-state index in [1.807, 2.05) is 15.9 Å². The average Bonchev–Trinajstić information content (AvgIpc) is 3.43. The van der Waals surface area contributed by atoms with Crippen molar-refractivity contribution < 1.29 is 18.0 Å². The van der Waals surface area contributed by atoms with Crippen LogP contribution < -0.4 is 0 Å². The Kier molecular flexibility index (Phi) is 6.14. The highest BCUT2D eigenvalue weighted by Crippen LogP contribution is 2.33. The molecule has 2 fully saturated rings. The predicted molar refractivity (Wildman–Crippen MR) is 131 cm³/mol. The van der Waals surface area contributed by atoms with Gasteiger partial charge in [-0.05, 0) is 66.6 Å². The Labute approximate surface area is 203 Å². The molecule has 3 heterocycles. The number of nitrogens with zero attached hydrogens (tertiary/aromatic N) is 4. The summed E-state index contributed by atoms with van der Waals surface area (Å²) in [5, 5.41) is 10.6. The van der Waals surface area contributed by atoms with Crippen LogP contribution in [0.25, 0.3) is 17.1 Å². The Bertz CT molecular complexity index is 1380. The lowest BCUT2D eigenvalue weighted by Gasteiger charge is -2.21. The molecule has 2 aliphatic heterocycles. The lowest BCUT2D eigenvalue weighted by molar-refractivity contribution is -0.126. The molecule has 1 N–H and O–H groups in total. The molecule has 9 nitrogen and oxygen atoms in total. The van der Waals surface area contributed by atoms with Gasteiger partial charge in [0.15, 0.2) is 9.84 Å². The van der Waals surface area contributed by atoms with E-state index in [-0.39, 0.29) is 16.7 Å². The van der Waals surface area contributed by atoms with Crippen LogP contribution in [-0.4, -0.2) is 77.9 Å². The van der Waals surface area contributed by atoms with E-state index in [1.165, 1.54) is 6.26 Å². The van der Waals surface area contributed by atoms with Crippen LogP contribution in [0.5, 0.6) is 0 Å². The summed E-state index contributed by atoms with van der Waals surface area (Å²) in [4.78, 5) is 29.9. The number of carbonyl (C=O) groups is 2. The first-order valence-electron chi connectivity index (χ1n) is 11.6. The number of hydrogen-bond donors (Lipinski definition) is 1. The maximum atomic E-state index is 13.1. The van der Waals surface area contributed by atoms with Crippen molar-refractivity contribution in [2.45, 2.75) is 17.7 Å². The molecule has 0 spiro atoms. The molecular formula is C25H27N5O4S. The normalized spacial score (nSPS) is 20.8.